The van der Waals surface area contributed by atoms with Crippen molar-refractivity contribution in [3.8, 4) is 0 Å². The SMILES string of the molecule is CC1CCOC1C(=O)c1ccc2[nH]c(=O)[nH]c2c1. The fourth-order valence-corrected chi connectivity index (χ4v) is 2.38. The lowest BCUT2D eigenvalue weighted by Gasteiger charge is -2.12. The van der Waals surface area contributed by atoms with Crippen LogP contribution in [0, 0.1) is 5.92 Å². The summed E-state index contributed by atoms with van der Waals surface area (Å²) in [6, 6.07) is 5.16. The lowest BCUT2D eigenvalue weighted by atomic mass is 9.96. The molecule has 3 rings (SSSR count). The van der Waals surface area contributed by atoms with Crippen LogP contribution in [0.15, 0.2) is 23.0 Å². The molecule has 18 heavy (non-hydrogen) atoms. The minimum absolute atomic E-state index is 0.0102. The first-order valence-electron chi connectivity index (χ1n) is 6.03. The van der Waals surface area contributed by atoms with Gasteiger partial charge in [0.25, 0.3) is 0 Å². The average Bonchev–Trinajstić information content (AvgIpc) is 2.91. The fraction of sp³-hybridized carbons (Fsp3) is 0.385. The summed E-state index contributed by atoms with van der Waals surface area (Å²) in [7, 11) is 0. The maximum absolute atomic E-state index is 12.3. The second-order valence-electron chi connectivity index (χ2n) is 4.76. The average molecular weight is 246 g/mol. The van der Waals surface area contributed by atoms with E-state index < -0.39 is 0 Å². The Labute approximate surface area is 103 Å². The Morgan fingerprint density at radius 1 is 1.33 bits per heavy atom. The van der Waals surface area contributed by atoms with E-state index in [4.69, 9.17) is 4.74 Å². The van der Waals surface area contributed by atoms with Crippen LogP contribution in [-0.4, -0.2) is 28.5 Å². The first kappa shape index (κ1) is 11.2. The van der Waals surface area contributed by atoms with Crippen LogP contribution < -0.4 is 5.69 Å². The lowest BCUT2D eigenvalue weighted by Crippen LogP contribution is -2.25. The number of nitrogens with one attached hydrogen (secondary N) is 2. The van der Waals surface area contributed by atoms with Crippen molar-refractivity contribution < 1.29 is 9.53 Å². The van der Waals surface area contributed by atoms with E-state index in [0.717, 1.165) is 6.42 Å². The van der Waals surface area contributed by atoms with Gasteiger partial charge in [-0.1, -0.05) is 6.92 Å². The van der Waals surface area contributed by atoms with Crippen molar-refractivity contribution in [2.75, 3.05) is 6.61 Å². The lowest BCUT2D eigenvalue weighted by molar-refractivity contribution is 0.0579. The number of aromatic nitrogens is 2. The highest BCUT2D eigenvalue weighted by Gasteiger charge is 2.31. The standard InChI is InChI=1S/C13H14N2O3/c1-7-4-5-18-12(7)11(16)8-2-3-9-10(6-8)15-13(17)14-9/h2-3,6-7,12H,4-5H2,1H3,(H2,14,15,17). The van der Waals surface area contributed by atoms with Gasteiger partial charge < -0.3 is 14.7 Å². The number of carbonyl (C=O) groups is 1. The van der Waals surface area contributed by atoms with E-state index in [-0.39, 0.29) is 23.5 Å². The number of ketones is 1. The molecular weight excluding hydrogens is 232 g/mol. The predicted molar refractivity (Wildman–Crippen MR) is 66.8 cm³/mol. The first-order chi connectivity index (χ1) is 8.65. The number of ether oxygens (including phenoxy) is 1. The Bertz CT molecular complexity index is 656. The Morgan fingerprint density at radius 3 is 2.83 bits per heavy atom. The highest BCUT2D eigenvalue weighted by Crippen LogP contribution is 2.24. The summed E-state index contributed by atoms with van der Waals surface area (Å²) in [6.07, 6.45) is 0.563. The molecule has 1 fully saturated rings. The van der Waals surface area contributed by atoms with Gasteiger partial charge in [0.1, 0.15) is 6.10 Å². The van der Waals surface area contributed by atoms with Gasteiger partial charge in [-0.15, -0.1) is 0 Å². The molecule has 1 aliphatic rings. The summed E-state index contributed by atoms with van der Waals surface area (Å²) in [4.78, 5) is 28.7. The molecule has 5 nitrogen and oxygen atoms in total. The monoisotopic (exact) mass is 246 g/mol. The van der Waals surface area contributed by atoms with E-state index in [1.807, 2.05) is 6.92 Å². The van der Waals surface area contributed by atoms with Gasteiger partial charge in [0.05, 0.1) is 11.0 Å². The Hall–Kier alpha value is -1.88. The van der Waals surface area contributed by atoms with Crippen LogP contribution in [0.1, 0.15) is 23.7 Å². The molecule has 1 aliphatic heterocycles. The number of aromatic amines is 2. The zero-order valence-corrected chi connectivity index (χ0v) is 10.0. The van der Waals surface area contributed by atoms with Gasteiger partial charge >= 0.3 is 5.69 Å². The number of hydrogen-bond acceptors (Lipinski definition) is 3. The number of Topliss-reactive ketones (excluding diaryl/α,β-unsaturated/α-hetero) is 1. The van der Waals surface area contributed by atoms with Gasteiger partial charge in [-0.3, -0.25) is 4.79 Å². The molecule has 2 heterocycles. The third-order valence-electron chi connectivity index (χ3n) is 3.45. The van der Waals surface area contributed by atoms with Crippen LogP contribution in [0.2, 0.25) is 0 Å². The number of carbonyl (C=O) groups excluding carboxylic acids is 1. The fourth-order valence-electron chi connectivity index (χ4n) is 2.38. The van der Waals surface area contributed by atoms with E-state index in [1.54, 1.807) is 18.2 Å². The Balaban J connectivity index is 1.98. The molecule has 0 aliphatic carbocycles. The first-order valence-corrected chi connectivity index (χ1v) is 6.03. The van der Waals surface area contributed by atoms with E-state index in [1.165, 1.54) is 0 Å². The zero-order chi connectivity index (χ0) is 12.7. The molecule has 94 valence electrons. The number of benzene rings is 1. The molecule has 0 spiro atoms. The summed E-state index contributed by atoms with van der Waals surface area (Å²) in [5, 5.41) is 0. The summed E-state index contributed by atoms with van der Waals surface area (Å²) in [5.74, 6) is 0.238. The van der Waals surface area contributed by atoms with Crippen LogP contribution in [-0.2, 0) is 4.74 Å². The maximum Gasteiger partial charge on any atom is 0.323 e. The highest BCUT2D eigenvalue weighted by molar-refractivity contribution is 6.02. The molecule has 0 radical (unpaired) electrons. The molecule has 2 N–H and O–H groups in total. The van der Waals surface area contributed by atoms with Crippen molar-refractivity contribution in [1.29, 1.82) is 0 Å². The van der Waals surface area contributed by atoms with Crippen molar-refractivity contribution in [1.82, 2.24) is 9.97 Å². The molecule has 1 aromatic carbocycles. The van der Waals surface area contributed by atoms with Crippen molar-refractivity contribution in [3.05, 3.63) is 34.2 Å². The largest absolute Gasteiger partial charge is 0.370 e. The predicted octanol–water partition coefficient (Wildman–Crippen LogP) is 1.46. The van der Waals surface area contributed by atoms with Crippen molar-refractivity contribution >= 4 is 16.8 Å². The second kappa shape index (κ2) is 4.10. The normalized spacial score (nSPS) is 23.6. The summed E-state index contributed by atoms with van der Waals surface area (Å²) >= 11 is 0. The second-order valence-corrected chi connectivity index (χ2v) is 4.76. The van der Waals surface area contributed by atoms with Gasteiger partial charge in [0.2, 0.25) is 0 Å². The van der Waals surface area contributed by atoms with Gasteiger partial charge in [-0.2, -0.15) is 0 Å². The van der Waals surface area contributed by atoms with Crippen LogP contribution in [0.4, 0.5) is 0 Å². The molecule has 2 aromatic rings. The number of rotatable bonds is 2. The van der Waals surface area contributed by atoms with Gasteiger partial charge in [0, 0.05) is 12.2 Å². The minimum atomic E-state index is -0.354. The molecule has 1 aromatic heterocycles. The Morgan fingerprint density at radius 2 is 2.11 bits per heavy atom. The molecule has 5 heteroatoms. The summed E-state index contributed by atoms with van der Waals surface area (Å²) < 4.78 is 5.47. The molecule has 1 saturated heterocycles. The van der Waals surface area contributed by atoms with Crippen LogP contribution in [0.5, 0.6) is 0 Å². The molecule has 0 saturated carbocycles. The third-order valence-corrected chi connectivity index (χ3v) is 3.45. The van der Waals surface area contributed by atoms with E-state index in [0.29, 0.717) is 23.2 Å². The number of imidazole rings is 1. The van der Waals surface area contributed by atoms with Gasteiger partial charge in [-0.25, -0.2) is 4.79 Å². The maximum atomic E-state index is 12.3. The topological polar surface area (TPSA) is 75.0 Å². The molecule has 0 bridgehead atoms. The van der Waals surface area contributed by atoms with Crippen molar-refractivity contribution in [3.63, 3.8) is 0 Å². The molecular formula is C13H14N2O3. The van der Waals surface area contributed by atoms with Crippen LogP contribution in [0.3, 0.4) is 0 Å². The third kappa shape index (κ3) is 1.76. The molecule has 2 atom stereocenters. The Kier molecular flexibility index (Phi) is 2.56. The van der Waals surface area contributed by atoms with E-state index in [9.17, 15) is 9.59 Å². The minimum Gasteiger partial charge on any atom is -0.370 e. The smallest absolute Gasteiger partial charge is 0.323 e. The van der Waals surface area contributed by atoms with E-state index in [2.05, 4.69) is 9.97 Å². The van der Waals surface area contributed by atoms with E-state index >= 15 is 0 Å². The number of H-pyrrole nitrogens is 2. The summed E-state index contributed by atoms with van der Waals surface area (Å²) in [5.41, 5.74) is 1.67. The van der Waals surface area contributed by atoms with Gasteiger partial charge in [-0.05, 0) is 30.5 Å². The van der Waals surface area contributed by atoms with Crippen molar-refractivity contribution in [2.24, 2.45) is 5.92 Å². The van der Waals surface area contributed by atoms with Gasteiger partial charge in [0.15, 0.2) is 5.78 Å². The molecule has 2 unspecified atom stereocenters. The zero-order valence-electron chi connectivity index (χ0n) is 10.0. The number of hydrogen-bond donors (Lipinski definition) is 2. The number of fused-ring (bicyclic) bond motifs is 1. The highest BCUT2D eigenvalue weighted by atomic mass is 16.5. The van der Waals surface area contributed by atoms with Crippen LogP contribution >= 0.6 is 0 Å². The van der Waals surface area contributed by atoms with Crippen molar-refractivity contribution in [2.45, 2.75) is 19.4 Å². The quantitative estimate of drug-likeness (QED) is 0.788. The molecule has 0 amide bonds. The summed E-state index contributed by atoms with van der Waals surface area (Å²) in [6.45, 7) is 2.66. The van der Waals surface area contributed by atoms with Crippen LogP contribution in [0.25, 0.3) is 11.0 Å².